The van der Waals surface area contributed by atoms with E-state index in [0.29, 0.717) is 24.6 Å². The Balaban J connectivity index is 2.35. The molecule has 0 aliphatic heterocycles. The van der Waals surface area contributed by atoms with Crippen molar-refractivity contribution in [3.8, 4) is 0 Å². The molecule has 8 heteroatoms. The van der Waals surface area contributed by atoms with Crippen LogP contribution in [0.1, 0.15) is 13.8 Å². The van der Waals surface area contributed by atoms with Crippen molar-refractivity contribution in [1.29, 1.82) is 0 Å². The highest BCUT2D eigenvalue weighted by atomic mass is 32.2. The highest BCUT2D eigenvalue weighted by Crippen LogP contribution is 2.50. The molecular weight excluding hydrogens is 249 g/mol. The van der Waals surface area contributed by atoms with Crippen LogP contribution in [-0.4, -0.2) is 33.5 Å². The molecule has 0 bridgehead atoms. The molecule has 0 atom stereocenters. The lowest BCUT2D eigenvalue weighted by molar-refractivity contribution is 0.224. The van der Waals surface area contributed by atoms with Crippen LogP contribution in [0.3, 0.4) is 0 Å². The van der Waals surface area contributed by atoms with Gasteiger partial charge in [-0.1, -0.05) is 0 Å². The summed E-state index contributed by atoms with van der Waals surface area (Å²) >= 11 is 1.45. The van der Waals surface area contributed by atoms with Gasteiger partial charge in [0, 0.05) is 0 Å². The summed E-state index contributed by atoms with van der Waals surface area (Å²) in [6, 6.07) is 0. The molecule has 6 nitrogen and oxygen atoms in total. The van der Waals surface area contributed by atoms with E-state index in [9.17, 15) is 4.57 Å². The van der Waals surface area contributed by atoms with Crippen molar-refractivity contribution >= 4 is 19.4 Å². The van der Waals surface area contributed by atoms with E-state index in [-0.39, 0.29) is 0 Å². The Hall–Kier alpha value is -0.360. The second-order valence-corrected chi connectivity index (χ2v) is 6.28. The predicted molar refractivity (Wildman–Crippen MR) is 63.3 cm³/mol. The molecule has 0 amide bonds. The molecule has 1 heterocycles. The Morgan fingerprint density at radius 1 is 1.38 bits per heavy atom. The van der Waals surface area contributed by atoms with Crippen LogP contribution in [0.25, 0.3) is 0 Å². The maximum Gasteiger partial charge on any atom is 0.340 e. The number of thioether (sulfide) groups is 1. The molecular formula is C8H16N3O3PS. The first-order valence-electron chi connectivity index (χ1n) is 4.98. The van der Waals surface area contributed by atoms with Crippen LogP contribution < -0.4 is 0 Å². The molecule has 1 aromatic rings. The zero-order chi connectivity index (χ0) is 11.9. The third-order valence-corrected chi connectivity index (χ3v) is 5.34. The summed E-state index contributed by atoms with van der Waals surface area (Å²) in [5.41, 5.74) is 0.328. The van der Waals surface area contributed by atoms with Crippen molar-refractivity contribution in [3.05, 3.63) is 12.7 Å². The van der Waals surface area contributed by atoms with Crippen molar-refractivity contribution in [2.24, 2.45) is 0 Å². The van der Waals surface area contributed by atoms with Gasteiger partial charge in [-0.2, -0.15) is 5.10 Å². The molecule has 0 spiro atoms. The molecule has 0 aliphatic carbocycles. The average Bonchev–Trinajstić information content (AvgIpc) is 2.71. The molecule has 92 valence electrons. The fourth-order valence-electron chi connectivity index (χ4n) is 1.05. The van der Waals surface area contributed by atoms with Crippen LogP contribution in [0, 0.1) is 0 Å². The van der Waals surface area contributed by atoms with Gasteiger partial charge in [-0.25, -0.2) is 9.67 Å². The van der Waals surface area contributed by atoms with E-state index < -0.39 is 7.60 Å². The Morgan fingerprint density at radius 2 is 2.06 bits per heavy atom. The SMILES string of the molecule is CCOP(=O)(CSCn1cncn1)OCC. The van der Waals surface area contributed by atoms with E-state index in [4.69, 9.17) is 9.05 Å². The zero-order valence-electron chi connectivity index (χ0n) is 9.40. The molecule has 0 radical (unpaired) electrons. The molecule has 1 aromatic heterocycles. The van der Waals surface area contributed by atoms with Gasteiger partial charge in [0.15, 0.2) is 0 Å². The first-order valence-corrected chi connectivity index (χ1v) is 7.86. The van der Waals surface area contributed by atoms with E-state index in [1.165, 1.54) is 18.1 Å². The summed E-state index contributed by atoms with van der Waals surface area (Å²) in [6.07, 6.45) is 3.07. The summed E-state index contributed by atoms with van der Waals surface area (Å²) < 4.78 is 24.0. The lowest BCUT2D eigenvalue weighted by Crippen LogP contribution is -2.00. The second-order valence-electron chi connectivity index (χ2n) is 2.84. The topological polar surface area (TPSA) is 66.2 Å². The van der Waals surface area contributed by atoms with Gasteiger partial charge < -0.3 is 9.05 Å². The minimum atomic E-state index is -2.94. The smallest absolute Gasteiger partial charge is 0.308 e. The molecule has 16 heavy (non-hydrogen) atoms. The second kappa shape index (κ2) is 7.06. The Labute approximate surface area is 99.3 Å². The van der Waals surface area contributed by atoms with Crippen LogP contribution in [0.4, 0.5) is 0 Å². The number of hydrogen-bond donors (Lipinski definition) is 0. The van der Waals surface area contributed by atoms with Crippen LogP contribution >= 0.6 is 19.4 Å². The number of nitrogens with zero attached hydrogens (tertiary/aromatic N) is 3. The van der Waals surface area contributed by atoms with Crippen molar-refractivity contribution in [3.63, 3.8) is 0 Å². The summed E-state index contributed by atoms with van der Waals surface area (Å²) in [5.74, 6) is 0.587. The van der Waals surface area contributed by atoms with E-state index in [1.54, 1.807) is 24.9 Å². The van der Waals surface area contributed by atoms with E-state index in [2.05, 4.69) is 10.1 Å². The van der Waals surface area contributed by atoms with E-state index in [0.717, 1.165) is 0 Å². The highest BCUT2D eigenvalue weighted by molar-refractivity contribution is 8.03. The van der Waals surface area contributed by atoms with Gasteiger partial charge in [0.1, 0.15) is 12.7 Å². The van der Waals surface area contributed by atoms with Crippen molar-refractivity contribution in [2.75, 3.05) is 18.7 Å². The number of hydrogen-bond acceptors (Lipinski definition) is 6. The summed E-state index contributed by atoms with van der Waals surface area (Å²) in [5, 5.41) is 3.94. The number of rotatable bonds is 8. The van der Waals surface area contributed by atoms with Crippen LogP contribution in [0.15, 0.2) is 12.7 Å². The third-order valence-electron chi connectivity index (χ3n) is 1.59. The van der Waals surface area contributed by atoms with Crippen LogP contribution in [0.2, 0.25) is 0 Å². The first kappa shape index (κ1) is 13.7. The molecule has 0 unspecified atom stereocenters. The van der Waals surface area contributed by atoms with Gasteiger partial charge in [0.05, 0.1) is 24.6 Å². The minimum absolute atomic E-state index is 0.328. The Morgan fingerprint density at radius 3 is 2.56 bits per heavy atom. The van der Waals surface area contributed by atoms with Gasteiger partial charge in [-0.05, 0) is 13.8 Å². The lowest BCUT2D eigenvalue weighted by atomic mass is 10.9. The van der Waals surface area contributed by atoms with Crippen molar-refractivity contribution in [1.82, 2.24) is 14.8 Å². The largest absolute Gasteiger partial charge is 0.340 e. The maximum absolute atomic E-state index is 12.0. The van der Waals surface area contributed by atoms with Gasteiger partial charge in [-0.15, -0.1) is 11.8 Å². The molecule has 0 aliphatic rings. The summed E-state index contributed by atoms with van der Waals surface area (Å²) in [6.45, 7) is 4.38. The summed E-state index contributed by atoms with van der Waals surface area (Å²) in [4.78, 5) is 3.82. The molecule has 0 saturated carbocycles. The molecule has 1 rings (SSSR count). The first-order chi connectivity index (χ1) is 7.70. The van der Waals surface area contributed by atoms with Gasteiger partial charge in [0.25, 0.3) is 0 Å². The molecule has 0 saturated heterocycles. The third kappa shape index (κ3) is 4.65. The Kier molecular flexibility index (Phi) is 6.05. The summed E-state index contributed by atoms with van der Waals surface area (Å²) in [7, 11) is -2.94. The average molecular weight is 265 g/mol. The normalized spacial score (nSPS) is 11.9. The van der Waals surface area contributed by atoms with E-state index in [1.807, 2.05) is 0 Å². The molecule has 0 aromatic carbocycles. The maximum atomic E-state index is 12.0. The van der Waals surface area contributed by atoms with E-state index >= 15 is 0 Å². The van der Waals surface area contributed by atoms with Gasteiger partial charge in [-0.3, -0.25) is 4.57 Å². The fourth-order valence-corrected chi connectivity index (χ4v) is 4.05. The minimum Gasteiger partial charge on any atom is -0.308 e. The Bertz CT molecular complexity index is 323. The monoisotopic (exact) mass is 265 g/mol. The molecule has 0 fully saturated rings. The lowest BCUT2D eigenvalue weighted by Gasteiger charge is -2.16. The van der Waals surface area contributed by atoms with Gasteiger partial charge in [0.2, 0.25) is 0 Å². The molecule has 0 N–H and O–H groups in total. The fraction of sp³-hybridized carbons (Fsp3) is 0.750. The predicted octanol–water partition coefficient (Wildman–Crippen LogP) is 2.19. The van der Waals surface area contributed by atoms with Crippen molar-refractivity contribution in [2.45, 2.75) is 19.7 Å². The number of aromatic nitrogens is 3. The van der Waals surface area contributed by atoms with Crippen LogP contribution in [-0.2, 0) is 19.5 Å². The van der Waals surface area contributed by atoms with Crippen LogP contribution in [0.5, 0.6) is 0 Å². The standard InChI is InChI=1S/C8H16N3O3PS/c1-3-13-15(12,14-4-2)8-16-7-11-6-9-5-10-11/h5-6H,3-4,7-8H2,1-2H3. The quantitative estimate of drug-likeness (QED) is 0.671. The highest BCUT2D eigenvalue weighted by Gasteiger charge is 2.23. The zero-order valence-corrected chi connectivity index (χ0v) is 11.1. The van der Waals surface area contributed by atoms with Gasteiger partial charge >= 0.3 is 7.60 Å². The van der Waals surface area contributed by atoms with Crippen molar-refractivity contribution < 1.29 is 13.6 Å².